The smallest absolute Gasteiger partial charge is 0.280 e. The second-order valence-corrected chi connectivity index (χ2v) is 4.77. The van der Waals surface area contributed by atoms with Gasteiger partial charge in [-0.15, -0.1) is 5.10 Å². The molecule has 1 N–H and O–H groups in total. The molecule has 0 atom stereocenters. The summed E-state index contributed by atoms with van der Waals surface area (Å²) in [6.07, 6.45) is 2.32. The molecule has 0 radical (unpaired) electrons. The minimum atomic E-state index is -0.146. The lowest BCUT2D eigenvalue weighted by molar-refractivity contribution is 0.531. The highest BCUT2D eigenvalue weighted by Gasteiger charge is 2.08. The van der Waals surface area contributed by atoms with Gasteiger partial charge in [0.2, 0.25) is 0 Å². The van der Waals surface area contributed by atoms with Crippen molar-refractivity contribution < 1.29 is 0 Å². The van der Waals surface area contributed by atoms with Gasteiger partial charge in [0, 0.05) is 25.8 Å². The first-order valence-electron chi connectivity index (χ1n) is 6.80. The van der Waals surface area contributed by atoms with Gasteiger partial charge in [0.1, 0.15) is 5.39 Å². The number of rotatable bonds is 5. The van der Waals surface area contributed by atoms with E-state index in [1.165, 1.54) is 10.9 Å². The van der Waals surface area contributed by atoms with E-state index in [-0.39, 0.29) is 5.56 Å². The number of fused-ring (bicyclic) bond motifs is 1. The lowest BCUT2D eigenvalue weighted by Crippen LogP contribution is -2.25. The zero-order valence-electron chi connectivity index (χ0n) is 11.7. The maximum atomic E-state index is 12.2. The molecular weight excluding hydrogens is 268 g/mol. The Labute approximate surface area is 121 Å². The summed E-state index contributed by atoms with van der Waals surface area (Å²) in [5.74, 6) is 0. The van der Waals surface area contributed by atoms with Gasteiger partial charge in [0.05, 0.1) is 6.20 Å². The Hall–Kier alpha value is -2.70. The summed E-state index contributed by atoms with van der Waals surface area (Å²) in [6.45, 7) is 1.29. The fourth-order valence-electron chi connectivity index (χ4n) is 2.14. The molecule has 0 bridgehead atoms. The largest absolute Gasteiger partial charge is 0.385 e. The topological polar surface area (TPSA) is 77.6 Å². The summed E-state index contributed by atoms with van der Waals surface area (Å²) in [7, 11) is 1.74. The third-order valence-corrected chi connectivity index (χ3v) is 3.27. The van der Waals surface area contributed by atoms with Crippen molar-refractivity contribution in [2.45, 2.75) is 13.0 Å². The molecular formula is C14H16N6O. The van der Waals surface area contributed by atoms with Crippen molar-refractivity contribution in [2.24, 2.45) is 7.05 Å². The summed E-state index contributed by atoms with van der Waals surface area (Å²) in [6, 6.07) is 9.95. The number of aromatic nitrogens is 5. The van der Waals surface area contributed by atoms with Crippen LogP contribution in [-0.2, 0) is 13.6 Å². The van der Waals surface area contributed by atoms with E-state index in [0.29, 0.717) is 17.6 Å². The average Bonchev–Trinajstić information content (AvgIpc) is 2.89. The Balaban J connectivity index is 1.63. The highest BCUT2D eigenvalue weighted by Crippen LogP contribution is 2.05. The molecule has 0 spiro atoms. The van der Waals surface area contributed by atoms with Crippen molar-refractivity contribution >= 4 is 16.7 Å². The van der Waals surface area contributed by atoms with Crippen LogP contribution in [0.15, 0.2) is 41.3 Å². The lowest BCUT2D eigenvalue weighted by Gasteiger charge is -2.06. The van der Waals surface area contributed by atoms with Crippen molar-refractivity contribution in [3.63, 3.8) is 0 Å². The van der Waals surface area contributed by atoms with Crippen molar-refractivity contribution in [3.8, 4) is 0 Å². The van der Waals surface area contributed by atoms with E-state index in [2.05, 4.69) is 20.7 Å². The van der Waals surface area contributed by atoms with E-state index >= 15 is 0 Å². The zero-order valence-corrected chi connectivity index (χ0v) is 11.7. The Kier molecular flexibility index (Phi) is 3.63. The standard InChI is InChI=1S/C14H16N6O/c1-19-13-12(10-16-19)14(21)20(18-17-13)9-5-8-15-11-6-3-2-4-7-11/h2-4,6-7,10,15H,5,8-9H2,1H3. The van der Waals surface area contributed by atoms with Crippen molar-refractivity contribution in [1.29, 1.82) is 0 Å². The zero-order chi connectivity index (χ0) is 14.7. The molecule has 0 saturated carbocycles. The first-order chi connectivity index (χ1) is 10.3. The molecule has 0 aliphatic heterocycles. The quantitative estimate of drug-likeness (QED) is 0.708. The number of hydrogen-bond acceptors (Lipinski definition) is 5. The van der Waals surface area contributed by atoms with Crippen LogP contribution in [0.3, 0.4) is 0 Å². The van der Waals surface area contributed by atoms with E-state index in [1.807, 2.05) is 30.3 Å². The first-order valence-corrected chi connectivity index (χ1v) is 6.80. The van der Waals surface area contributed by atoms with Gasteiger partial charge >= 0.3 is 0 Å². The van der Waals surface area contributed by atoms with Gasteiger partial charge in [-0.05, 0) is 18.6 Å². The molecule has 2 aromatic heterocycles. The van der Waals surface area contributed by atoms with Crippen LogP contribution in [0.4, 0.5) is 5.69 Å². The molecule has 0 saturated heterocycles. The van der Waals surface area contributed by atoms with E-state index in [1.54, 1.807) is 11.7 Å². The number of para-hydroxylation sites is 1. The van der Waals surface area contributed by atoms with Crippen LogP contribution >= 0.6 is 0 Å². The monoisotopic (exact) mass is 284 g/mol. The number of benzene rings is 1. The number of aryl methyl sites for hydroxylation is 2. The van der Waals surface area contributed by atoms with Crippen molar-refractivity contribution in [2.75, 3.05) is 11.9 Å². The predicted molar refractivity (Wildman–Crippen MR) is 80.1 cm³/mol. The minimum absolute atomic E-state index is 0.146. The molecule has 0 fully saturated rings. The minimum Gasteiger partial charge on any atom is -0.385 e. The maximum absolute atomic E-state index is 12.2. The van der Waals surface area contributed by atoms with E-state index in [9.17, 15) is 4.79 Å². The Bertz CT molecular complexity index is 792. The van der Waals surface area contributed by atoms with Crippen molar-refractivity contribution in [3.05, 3.63) is 46.9 Å². The number of nitrogens with zero attached hydrogens (tertiary/aromatic N) is 5. The van der Waals surface area contributed by atoms with E-state index in [4.69, 9.17) is 0 Å². The Morgan fingerprint density at radius 3 is 2.86 bits per heavy atom. The summed E-state index contributed by atoms with van der Waals surface area (Å²) in [4.78, 5) is 12.2. The van der Waals surface area contributed by atoms with E-state index in [0.717, 1.165) is 18.7 Å². The lowest BCUT2D eigenvalue weighted by atomic mass is 10.3. The number of anilines is 1. The predicted octanol–water partition coefficient (Wildman–Crippen LogP) is 1.03. The van der Waals surface area contributed by atoms with Crippen LogP contribution in [0.5, 0.6) is 0 Å². The molecule has 0 unspecified atom stereocenters. The molecule has 108 valence electrons. The highest BCUT2D eigenvalue weighted by molar-refractivity contribution is 5.72. The summed E-state index contributed by atoms with van der Waals surface area (Å²) < 4.78 is 2.93. The van der Waals surface area contributed by atoms with Gasteiger partial charge in [-0.3, -0.25) is 4.79 Å². The SMILES string of the molecule is Cn1ncc2c(=O)n(CCCNc3ccccc3)nnc21. The number of hydrogen-bond donors (Lipinski definition) is 1. The molecule has 7 heteroatoms. The summed E-state index contributed by atoms with van der Waals surface area (Å²) in [5, 5.41) is 15.8. The van der Waals surface area contributed by atoms with Crippen LogP contribution in [-0.4, -0.2) is 31.3 Å². The molecule has 1 aromatic carbocycles. The van der Waals surface area contributed by atoms with Crippen LogP contribution in [0, 0.1) is 0 Å². The van der Waals surface area contributed by atoms with Crippen LogP contribution in [0.1, 0.15) is 6.42 Å². The molecule has 0 amide bonds. The molecule has 2 heterocycles. The van der Waals surface area contributed by atoms with Crippen LogP contribution in [0.2, 0.25) is 0 Å². The van der Waals surface area contributed by atoms with Crippen molar-refractivity contribution in [1.82, 2.24) is 24.8 Å². The molecule has 0 aliphatic carbocycles. The molecule has 3 rings (SSSR count). The first kappa shape index (κ1) is 13.3. The normalized spacial score (nSPS) is 10.9. The fourth-order valence-corrected chi connectivity index (χ4v) is 2.14. The third-order valence-electron chi connectivity index (χ3n) is 3.27. The average molecular weight is 284 g/mol. The Morgan fingerprint density at radius 1 is 1.24 bits per heavy atom. The van der Waals surface area contributed by atoms with Crippen LogP contribution < -0.4 is 10.9 Å². The fraction of sp³-hybridized carbons (Fsp3) is 0.286. The maximum Gasteiger partial charge on any atom is 0.280 e. The van der Waals surface area contributed by atoms with Gasteiger partial charge in [0.25, 0.3) is 5.56 Å². The summed E-state index contributed by atoms with van der Waals surface area (Å²) >= 11 is 0. The molecule has 0 aliphatic rings. The Morgan fingerprint density at radius 2 is 2.05 bits per heavy atom. The molecule has 3 aromatic rings. The van der Waals surface area contributed by atoms with Gasteiger partial charge in [0.15, 0.2) is 5.65 Å². The van der Waals surface area contributed by atoms with Gasteiger partial charge < -0.3 is 5.32 Å². The second-order valence-electron chi connectivity index (χ2n) is 4.77. The van der Waals surface area contributed by atoms with Crippen LogP contribution in [0.25, 0.3) is 11.0 Å². The summed E-state index contributed by atoms with van der Waals surface area (Å²) in [5.41, 5.74) is 1.44. The molecule has 21 heavy (non-hydrogen) atoms. The van der Waals surface area contributed by atoms with Gasteiger partial charge in [-0.1, -0.05) is 23.4 Å². The number of nitrogens with one attached hydrogen (secondary N) is 1. The highest BCUT2D eigenvalue weighted by atomic mass is 16.1. The molecule has 7 nitrogen and oxygen atoms in total. The second kappa shape index (κ2) is 5.74. The van der Waals surface area contributed by atoms with E-state index < -0.39 is 0 Å². The van der Waals surface area contributed by atoms with Gasteiger partial charge in [-0.2, -0.15) is 5.10 Å². The third kappa shape index (κ3) is 2.76. The van der Waals surface area contributed by atoms with Gasteiger partial charge in [-0.25, -0.2) is 9.36 Å².